The van der Waals surface area contributed by atoms with Crippen molar-refractivity contribution in [3.63, 3.8) is 0 Å². The summed E-state index contributed by atoms with van der Waals surface area (Å²) in [6.07, 6.45) is 0. The molecule has 0 saturated heterocycles. The summed E-state index contributed by atoms with van der Waals surface area (Å²) in [4.78, 5) is 14.9. The highest BCUT2D eigenvalue weighted by Crippen LogP contribution is 2.51. The van der Waals surface area contributed by atoms with Gasteiger partial charge < -0.3 is 4.57 Å². The van der Waals surface area contributed by atoms with Gasteiger partial charge in [-0.15, -0.1) is 0 Å². The molecule has 0 atom stereocenters. The van der Waals surface area contributed by atoms with E-state index < -0.39 is 0 Å². The number of rotatable bonds is 4. The van der Waals surface area contributed by atoms with Crippen LogP contribution in [0.1, 0.15) is 0 Å². The molecule has 2 heterocycles. The Labute approximate surface area is 294 Å². The molecule has 0 fully saturated rings. The minimum Gasteiger partial charge on any atom is -0.309 e. The Balaban J connectivity index is 1.16. The fourth-order valence-electron chi connectivity index (χ4n) is 8.10. The number of aromatic nitrogens is 4. The van der Waals surface area contributed by atoms with Crippen LogP contribution < -0.4 is 0 Å². The van der Waals surface area contributed by atoms with Crippen LogP contribution in [0.15, 0.2) is 170 Å². The zero-order valence-corrected chi connectivity index (χ0v) is 27.5. The van der Waals surface area contributed by atoms with Gasteiger partial charge in [0.1, 0.15) is 0 Å². The predicted octanol–water partition coefficient (Wildman–Crippen LogP) is 11.9. The van der Waals surface area contributed by atoms with Crippen LogP contribution in [-0.4, -0.2) is 19.5 Å². The first-order valence-electron chi connectivity index (χ1n) is 17.3. The molecule has 0 unspecified atom stereocenters. The third kappa shape index (κ3) is 4.17. The molecule has 2 aromatic heterocycles. The minimum atomic E-state index is 0.644. The standard InChI is InChI=1S/C47H28N4/c1-3-13-30(14-4-1)45-48-46(31-15-5-2-6-16-31)50-47(49-45)32-22-25-33(26-23-32)51-41-28-40-36-19-10-9-18-35(36)37-20-11-21-38(42(37)40)43(41)39-27-24-29-12-7-8-17-34(29)44(39)51/h1-28H. The zero-order chi connectivity index (χ0) is 33.5. The van der Waals surface area contributed by atoms with Crippen LogP contribution >= 0.6 is 0 Å². The summed E-state index contributed by atoms with van der Waals surface area (Å²) in [6.45, 7) is 0. The van der Waals surface area contributed by atoms with Gasteiger partial charge in [-0.3, -0.25) is 0 Å². The van der Waals surface area contributed by atoms with E-state index in [1.54, 1.807) is 0 Å². The van der Waals surface area contributed by atoms with Crippen LogP contribution in [-0.2, 0) is 0 Å². The van der Waals surface area contributed by atoms with E-state index in [9.17, 15) is 0 Å². The molecule has 236 valence electrons. The lowest BCUT2D eigenvalue weighted by molar-refractivity contribution is 1.07. The summed E-state index contributed by atoms with van der Waals surface area (Å²) in [6, 6.07) is 60.2. The van der Waals surface area contributed by atoms with Gasteiger partial charge in [0.05, 0.1) is 11.0 Å². The number of hydrogen-bond donors (Lipinski definition) is 0. The van der Waals surface area contributed by atoms with Crippen molar-refractivity contribution in [2.24, 2.45) is 0 Å². The molecule has 0 bridgehead atoms. The molecular weight excluding hydrogens is 621 g/mol. The second-order valence-electron chi connectivity index (χ2n) is 13.2. The van der Waals surface area contributed by atoms with Crippen molar-refractivity contribution < 1.29 is 0 Å². The molecule has 8 aromatic carbocycles. The van der Waals surface area contributed by atoms with Crippen molar-refractivity contribution >= 4 is 43.4 Å². The Kier molecular flexibility index (Phi) is 5.92. The Morgan fingerprint density at radius 2 is 0.902 bits per heavy atom. The Bertz CT molecular complexity index is 2940. The molecule has 0 saturated carbocycles. The Hall–Kier alpha value is -6.91. The van der Waals surface area contributed by atoms with Crippen LogP contribution in [0.5, 0.6) is 0 Å². The van der Waals surface area contributed by atoms with E-state index >= 15 is 0 Å². The number of hydrogen-bond acceptors (Lipinski definition) is 3. The maximum Gasteiger partial charge on any atom is 0.164 e. The Morgan fingerprint density at radius 3 is 1.59 bits per heavy atom. The van der Waals surface area contributed by atoms with Gasteiger partial charge in [-0.05, 0) is 68.7 Å². The largest absolute Gasteiger partial charge is 0.309 e. The molecule has 0 aliphatic heterocycles. The summed E-state index contributed by atoms with van der Waals surface area (Å²) < 4.78 is 2.46. The van der Waals surface area contributed by atoms with Crippen LogP contribution in [0.25, 0.3) is 105 Å². The smallest absolute Gasteiger partial charge is 0.164 e. The third-order valence-corrected chi connectivity index (χ3v) is 10.4. The van der Waals surface area contributed by atoms with E-state index in [2.05, 4.69) is 114 Å². The van der Waals surface area contributed by atoms with Crippen molar-refractivity contribution in [3.05, 3.63) is 170 Å². The van der Waals surface area contributed by atoms with Gasteiger partial charge in [0.15, 0.2) is 17.5 Å². The first kappa shape index (κ1) is 28.0. The lowest BCUT2D eigenvalue weighted by atomic mass is 9.97. The average Bonchev–Trinajstić information content (AvgIpc) is 3.72. The summed E-state index contributed by atoms with van der Waals surface area (Å²) in [5.41, 5.74) is 11.5. The molecule has 4 heteroatoms. The van der Waals surface area contributed by atoms with Crippen LogP contribution in [0.3, 0.4) is 0 Å². The molecule has 1 aliphatic rings. The highest BCUT2D eigenvalue weighted by Gasteiger charge is 2.26. The number of nitrogens with zero attached hydrogens (tertiary/aromatic N) is 4. The molecule has 10 aromatic rings. The van der Waals surface area contributed by atoms with E-state index in [4.69, 9.17) is 15.0 Å². The van der Waals surface area contributed by atoms with E-state index in [1.807, 2.05) is 60.7 Å². The first-order chi connectivity index (χ1) is 25.3. The molecule has 0 amide bonds. The minimum absolute atomic E-state index is 0.644. The van der Waals surface area contributed by atoms with Crippen molar-refractivity contribution in [2.75, 3.05) is 0 Å². The summed E-state index contributed by atoms with van der Waals surface area (Å²) >= 11 is 0. The van der Waals surface area contributed by atoms with Crippen molar-refractivity contribution in [1.29, 1.82) is 0 Å². The van der Waals surface area contributed by atoms with Crippen LogP contribution in [0, 0.1) is 0 Å². The quantitative estimate of drug-likeness (QED) is 0.191. The Morgan fingerprint density at radius 1 is 0.353 bits per heavy atom. The van der Waals surface area contributed by atoms with Crippen LogP contribution in [0.4, 0.5) is 0 Å². The van der Waals surface area contributed by atoms with Gasteiger partial charge in [0, 0.05) is 38.5 Å². The monoisotopic (exact) mass is 648 g/mol. The predicted molar refractivity (Wildman–Crippen MR) is 210 cm³/mol. The van der Waals surface area contributed by atoms with Gasteiger partial charge in [-0.1, -0.05) is 140 Å². The van der Waals surface area contributed by atoms with E-state index in [0.29, 0.717) is 17.5 Å². The first-order valence-corrected chi connectivity index (χ1v) is 17.3. The molecule has 51 heavy (non-hydrogen) atoms. The average molecular weight is 649 g/mol. The van der Waals surface area contributed by atoms with Gasteiger partial charge in [0.2, 0.25) is 0 Å². The van der Waals surface area contributed by atoms with E-state index in [0.717, 1.165) is 22.4 Å². The molecular formula is C47H28N4. The molecule has 4 nitrogen and oxygen atoms in total. The van der Waals surface area contributed by atoms with E-state index in [1.165, 1.54) is 65.6 Å². The van der Waals surface area contributed by atoms with Crippen molar-refractivity contribution in [3.8, 4) is 62.1 Å². The van der Waals surface area contributed by atoms with Gasteiger partial charge in [-0.2, -0.15) is 0 Å². The number of fused-ring (bicyclic) bond motifs is 9. The molecule has 0 spiro atoms. The van der Waals surface area contributed by atoms with Crippen LogP contribution in [0.2, 0.25) is 0 Å². The molecule has 0 N–H and O–H groups in total. The number of benzene rings is 8. The maximum atomic E-state index is 4.99. The normalized spacial score (nSPS) is 11.9. The van der Waals surface area contributed by atoms with Gasteiger partial charge in [0.25, 0.3) is 0 Å². The van der Waals surface area contributed by atoms with Gasteiger partial charge in [-0.25, -0.2) is 15.0 Å². The van der Waals surface area contributed by atoms with Gasteiger partial charge >= 0.3 is 0 Å². The SMILES string of the molecule is c1ccc(-c2nc(-c3ccccc3)nc(-c3ccc(-n4c5cc6c7c(cccc7c5c5ccc7ccccc7c54)-c4ccccc4-6)cc3)n2)cc1. The molecule has 1 aliphatic carbocycles. The lowest BCUT2D eigenvalue weighted by Crippen LogP contribution is -2.00. The maximum absolute atomic E-state index is 4.99. The lowest BCUT2D eigenvalue weighted by Gasteiger charge is -2.12. The highest BCUT2D eigenvalue weighted by atomic mass is 15.0. The van der Waals surface area contributed by atoms with E-state index in [-0.39, 0.29) is 0 Å². The molecule has 11 rings (SSSR count). The fraction of sp³-hybridized carbons (Fsp3) is 0. The summed E-state index contributed by atoms with van der Waals surface area (Å²) in [7, 11) is 0. The fourth-order valence-corrected chi connectivity index (χ4v) is 8.10. The van der Waals surface area contributed by atoms with Crippen molar-refractivity contribution in [2.45, 2.75) is 0 Å². The summed E-state index contributed by atoms with van der Waals surface area (Å²) in [5, 5.41) is 7.62. The molecule has 0 radical (unpaired) electrons. The topological polar surface area (TPSA) is 43.6 Å². The third-order valence-electron chi connectivity index (χ3n) is 10.4. The second kappa shape index (κ2) is 10.8. The second-order valence-corrected chi connectivity index (χ2v) is 13.2. The zero-order valence-electron chi connectivity index (χ0n) is 27.5. The van der Waals surface area contributed by atoms with Crippen molar-refractivity contribution in [1.82, 2.24) is 19.5 Å². The highest BCUT2D eigenvalue weighted by molar-refractivity contribution is 6.31. The summed E-state index contributed by atoms with van der Waals surface area (Å²) in [5.74, 6) is 1.95.